The number of carbonyl (C=O) groups excluding carboxylic acids is 4. The number of methoxy groups -OCH3 is 5. The fourth-order valence-corrected chi connectivity index (χ4v) is 4.07. The molecule has 41 heavy (non-hydrogen) atoms. The molecule has 0 bridgehead atoms. The fourth-order valence-electron chi connectivity index (χ4n) is 4.07. The molecule has 0 radical (unpaired) electrons. The maximum atomic E-state index is 13.3. The number of rotatable bonds is 9. The molecule has 212 valence electrons. The molecule has 4 amide bonds. The van der Waals surface area contributed by atoms with Crippen molar-refractivity contribution in [2.24, 2.45) is 0 Å². The summed E-state index contributed by atoms with van der Waals surface area (Å²) in [7, 11) is 7.05. The number of hydrogen-bond acceptors (Lipinski definition) is 10. The molecule has 0 spiro atoms. The van der Waals surface area contributed by atoms with Crippen LogP contribution in [0.15, 0.2) is 60.2 Å². The highest BCUT2D eigenvalue weighted by atomic mass is 16.6. The van der Waals surface area contributed by atoms with E-state index in [2.05, 4.69) is 5.32 Å². The van der Waals surface area contributed by atoms with Gasteiger partial charge in [-0.2, -0.15) is 0 Å². The van der Waals surface area contributed by atoms with Crippen LogP contribution in [0.4, 0.5) is 10.5 Å². The summed E-state index contributed by atoms with van der Waals surface area (Å²) in [5.74, 6) is -1.13. The maximum Gasteiger partial charge on any atom is 0.343 e. The van der Waals surface area contributed by atoms with Gasteiger partial charge < -0.3 is 28.4 Å². The van der Waals surface area contributed by atoms with Gasteiger partial charge in [0.1, 0.15) is 11.3 Å². The van der Waals surface area contributed by atoms with E-state index in [0.29, 0.717) is 11.3 Å². The quantitative estimate of drug-likeness (QED) is 0.178. The first-order valence-corrected chi connectivity index (χ1v) is 12.0. The Labute approximate surface area is 235 Å². The zero-order chi connectivity index (χ0) is 29.7. The van der Waals surface area contributed by atoms with Crippen LogP contribution >= 0.6 is 0 Å². The zero-order valence-corrected chi connectivity index (χ0v) is 22.8. The Morgan fingerprint density at radius 2 is 1.37 bits per heavy atom. The number of para-hydroxylation sites is 2. The van der Waals surface area contributed by atoms with Crippen molar-refractivity contribution in [2.75, 3.05) is 40.4 Å². The summed E-state index contributed by atoms with van der Waals surface area (Å²) in [6.07, 6.45) is 1.29. The number of amides is 4. The van der Waals surface area contributed by atoms with Crippen LogP contribution in [0.1, 0.15) is 15.9 Å². The van der Waals surface area contributed by atoms with Crippen LogP contribution in [0.2, 0.25) is 0 Å². The maximum absolute atomic E-state index is 13.3. The number of urea groups is 1. The van der Waals surface area contributed by atoms with Crippen LogP contribution in [0.5, 0.6) is 34.5 Å². The van der Waals surface area contributed by atoms with Gasteiger partial charge in [0.2, 0.25) is 5.75 Å². The van der Waals surface area contributed by atoms with Crippen LogP contribution < -0.4 is 38.6 Å². The third-order valence-corrected chi connectivity index (χ3v) is 6.03. The number of carbonyl (C=O) groups is 4. The smallest absolute Gasteiger partial charge is 0.343 e. The topological polar surface area (TPSA) is 139 Å². The number of esters is 1. The van der Waals surface area contributed by atoms with Gasteiger partial charge in [0.05, 0.1) is 46.8 Å². The number of hydrogen-bond donors (Lipinski definition) is 1. The molecule has 1 aliphatic rings. The summed E-state index contributed by atoms with van der Waals surface area (Å²) in [6, 6.07) is 12.8. The highest BCUT2D eigenvalue weighted by molar-refractivity contribution is 6.39. The lowest BCUT2D eigenvalue weighted by molar-refractivity contribution is -0.122. The van der Waals surface area contributed by atoms with E-state index >= 15 is 0 Å². The van der Waals surface area contributed by atoms with E-state index in [9.17, 15) is 19.2 Å². The Kier molecular flexibility index (Phi) is 8.42. The van der Waals surface area contributed by atoms with Crippen molar-refractivity contribution >= 4 is 35.6 Å². The molecule has 1 fully saturated rings. The van der Waals surface area contributed by atoms with E-state index in [1.807, 2.05) is 0 Å². The van der Waals surface area contributed by atoms with Gasteiger partial charge in [-0.15, -0.1) is 0 Å². The van der Waals surface area contributed by atoms with Crippen molar-refractivity contribution in [1.82, 2.24) is 5.32 Å². The predicted octanol–water partition coefficient (Wildman–Crippen LogP) is 3.62. The monoisotopic (exact) mass is 562 g/mol. The first-order valence-electron chi connectivity index (χ1n) is 12.0. The van der Waals surface area contributed by atoms with E-state index in [1.165, 1.54) is 78.0 Å². The lowest BCUT2D eigenvalue weighted by Crippen LogP contribution is -2.54. The van der Waals surface area contributed by atoms with Gasteiger partial charge in [-0.3, -0.25) is 14.9 Å². The molecule has 0 atom stereocenters. The van der Waals surface area contributed by atoms with Gasteiger partial charge in [0.15, 0.2) is 23.0 Å². The second-order valence-corrected chi connectivity index (χ2v) is 8.34. The normalized spacial score (nSPS) is 13.9. The molecule has 0 saturated carbocycles. The molecular weight excluding hydrogens is 536 g/mol. The fraction of sp³-hybridized carbons (Fsp3) is 0.172. The lowest BCUT2D eigenvalue weighted by atomic mass is 10.1. The minimum absolute atomic E-state index is 0.0682. The number of anilines is 1. The first-order chi connectivity index (χ1) is 19.8. The summed E-state index contributed by atoms with van der Waals surface area (Å²) in [5.41, 5.74) is 0.350. The Morgan fingerprint density at radius 1 is 0.732 bits per heavy atom. The van der Waals surface area contributed by atoms with E-state index in [0.717, 1.165) is 4.90 Å². The Balaban J connectivity index is 1.64. The second-order valence-electron chi connectivity index (χ2n) is 8.34. The Hall–Kier alpha value is -5.52. The molecule has 0 unspecified atom stereocenters. The molecule has 1 saturated heterocycles. The highest BCUT2D eigenvalue weighted by Gasteiger charge is 2.38. The molecule has 3 aromatic rings. The highest BCUT2D eigenvalue weighted by Crippen LogP contribution is 2.39. The van der Waals surface area contributed by atoms with Gasteiger partial charge in [-0.05, 0) is 48.0 Å². The van der Waals surface area contributed by atoms with Gasteiger partial charge in [0.25, 0.3) is 11.8 Å². The van der Waals surface area contributed by atoms with Crippen LogP contribution in [0.3, 0.4) is 0 Å². The number of nitrogens with one attached hydrogen (secondary N) is 1. The van der Waals surface area contributed by atoms with Gasteiger partial charge >= 0.3 is 12.0 Å². The van der Waals surface area contributed by atoms with Crippen LogP contribution in [-0.2, 0) is 9.59 Å². The minimum Gasteiger partial charge on any atom is -0.495 e. The van der Waals surface area contributed by atoms with E-state index < -0.39 is 23.8 Å². The van der Waals surface area contributed by atoms with Crippen molar-refractivity contribution in [3.63, 3.8) is 0 Å². The molecule has 1 aliphatic heterocycles. The van der Waals surface area contributed by atoms with Crippen LogP contribution in [0, 0.1) is 0 Å². The van der Waals surface area contributed by atoms with Crippen molar-refractivity contribution in [3.8, 4) is 34.5 Å². The average Bonchev–Trinajstić information content (AvgIpc) is 2.99. The lowest BCUT2D eigenvalue weighted by Gasteiger charge is -2.27. The third-order valence-electron chi connectivity index (χ3n) is 6.03. The summed E-state index contributed by atoms with van der Waals surface area (Å²) in [5, 5.41) is 2.16. The second kappa shape index (κ2) is 12.1. The molecule has 3 aromatic carbocycles. The molecule has 0 aromatic heterocycles. The summed E-state index contributed by atoms with van der Waals surface area (Å²) in [4.78, 5) is 52.3. The summed E-state index contributed by atoms with van der Waals surface area (Å²) >= 11 is 0. The number of ether oxygens (including phenoxy) is 6. The zero-order valence-electron chi connectivity index (χ0n) is 22.8. The Morgan fingerprint density at radius 3 is 1.98 bits per heavy atom. The SMILES string of the molecule is COc1cc(/C=C2\C(=O)NC(=O)N(c3ccccc3OC)C2=O)ccc1OC(=O)c1cc(OC)c(OC)c(OC)c1. The summed E-state index contributed by atoms with van der Waals surface area (Å²) < 4.78 is 32.1. The van der Waals surface area contributed by atoms with Crippen molar-refractivity contribution in [1.29, 1.82) is 0 Å². The van der Waals surface area contributed by atoms with Gasteiger partial charge in [-0.1, -0.05) is 18.2 Å². The van der Waals surface area contributed by atoms with Crippen molar-refractivity contribution in [2.45, 2.75) is 0 Å². The standard InChI is InChI=1S/C29H26N2O10/c1-36-20-9-7-6-8-19(20)31-27(33)18(26(32)30-29(31)35)12-16-10-11-21(22(13-16)37-2)41-28(34)17-14-23(38-3)25(40-5)24(15-17)39-4/h6-15H,1-5H3,(H,30,32,35)/b18-12+. The summed E-state index contributed by atoms with van der Waals surface area (Å²) in [6.45, 7) is 0. The van der Waals surface area contributed by atoms with E-state index in [1.54, 1.807) is 18.2 Å². The third kappa shape index (κ3) is 5.62. The molecule has 1 heterocycles. The van der Waals surface area contributed by atoms with Crippen LogP contribution in [0.25, 0.3) is 6.08 Å². The number of barbiturate groups is 1. The predicted molar refractivity (Wildman–Crippen MR) is 146 cm³/mol. The van der Waals surface area contributed by atoms with Crippen LogP contribution in [-0.4, -0.2) is 59.4 Å². The van der Waals surface area contributed by atoms with Crippen molar-refractivity contribution in [3.05, 3.63) is 71.3 Å². The molecule has 12 nitrogen and oxygen atoms in total. The van der Waals surface area contributed by atoms with E-state index in [-0.39, 0.29) is 45.6 Å². The first kappa shape index (κ1) is 28.5. The molecule has 1 N–H and O–H groups in total. The largest absolute Gasteiger partial charge is 0.495 e. The minimum atomic E-state index is -0.909. The Bertz CT molecular complexity index is 1540. The van der Waals surface area contributed by atoms with Gasteiger partial charge in [0, 0.05) is 0 Å². The molecule has 0 aliphatic carbocycles. The number of imide groups is 2. The number of benzene rings is 3. The van der Waals surface area contributed by atoms with Crippen molar-refractivity contribution < 1.29 is 47.6 Å². The molecule has 4 rings (SSSR count). The van der Waals surface area contributed by atoms with E-state index in [4.69, 9.17) is 28.4 Å². The average molecular weight is 563 g/mol. The van der Waals surface area contributed by atoms with Gasteiger partial charge in [-0.25, -0.2) is 14.5 Å². The molecule has 12 heteroatoms. The molecular formula is C29H26N2O10. The number of nitrogens with zero attached hydrogens (tertiary/aromatic N) is 1.